The molecule has 0 fully saturated rings. The average Bonchev–Trinajstić information content (AvgIpc) is 2.78. The van der Waals surface area contributed by atoms with E-state index in [2.05, 4.69) is 34.7 Å². The van der Waals surface area contributed by atoms with Crippen molar-refractivity contribution in [3.63, 3.8) is 0 Å². The molecular weight excluding hydrogens is 224 g/mol. The quantitative estimate of drug-likeness (QED) is 0.854. The normalized spacial score (nSPS) is 17.9. The number of amides is 1. The van der Waals surface area contributed by atoms with E-state index in [-0.39, 0.29) is 5.91 Å². The number of aromatic nitrogens is 1. The molecule has 0 spiro atoms. The highest BCUT2D eigenvalue weighted by molar-refractivity contribution is 5.88. The van der Waals surface area contributed by atoms with Crippen LogP contribution in [0.1, 0.15) is 36.8 Å². The van der Waals surface area contributed by atoms with Gasteiger partial charge in [0.25, 0.3) is 0 Å². The van der Waals surface area contributed by atoms with Gasteiger partial charge in [0, 0.05) is 30.6 Å². The van der Waals surface area contributed by atoms with Gasteiger partial charge in [-0.15, -0.1) is 0 Å². The number of aromatic amines is 1. The Balaban J connectivity index is 1.84. The molecule has 3 nitrogen and oxygen atoms in total. The predicted octanol–water partition coefficient (Wildman–Crippen LogP) is 2.72. The SMILES string of the molecule is CC(=O)NCCC1CCc2cccc3[nH]cc1c23. The van der Waals surface area contributed by atoms with E-state index in [1.54, 1.807) is 6.92 Å². The summed E-state index contributed by atoms with van der Waals surface area (Å²) >= 11 is 0. The molecule has 1 unspecified atom stereocenters. The number of carbonyl (C=O) groups is 1. The molecule has 1 aromatic heterocycles. The monoisotopic (exact) mass is 242 g/mol. The van der Waals surface area contributed by atoms with Gasteiger partial charge in [-0.1, -0.05) is 12.1 Å². The second kappa shape index (κ2) is 4.48. The Labute approximate surface area is 107 Å². The largest absolute Gasteiger partial charge is 0.361 e. The molecule has 0 aliphatic heterocycles. The van der Waals surface area contributed by atoms with E-state index in [0.717, 1.165) is 19.4 Å². The van der Waals surface area contributed by atoms with Gasteiger partial charge in [-0.25, -0.2) is 0 Å². The standard InChI is InChI=1S/C15H18N2O/c1-10(18)16-8-7-11-5-6-12-3-2-4-14-15(12)13(11)9-17-14/h2-4,9,11,17H,5-8H2,1H3,(H,16,18). The van der Waals surface area contributed by atoms with Crippen LogP contribution in [-0.2, 0) is 11.2 Å². The third-order valence-corrected chi connectivity index (χ3v) is 3.89. The molecule has 0 saturated carbocycles. The number of benzene rings is 1. The zero-order valence-corrected chi connectivity index (χ0v) is 10.6. The van der Waals surface area contributed by atoms with Crippen molar-refractivity contribution in [1.29, 1.82) is 0 Å². The van der Waals surface area contributed by atoms with Gasteiger partial charge in [-0.3, -0.25) is 4.79 Å². The van der Waals surface area contributed by atoms with Crippen LogP contribution in [0.15, 0.2) is 24.4 Å². The lowest BCUT2D eigenvalue weighted by Gasteiger charge is -2.22. The first kappa shape index (κ1) is 11.3. The van der Waals surface area contributed by atoms with Crippen molar-refractivity contribution in [2.75, 3.05) is 6.54 Å². The molecule has 2 N–H and O–H groups in total. The Morgan fingerprint density at radius 2 is 2.39 bits per heavy atom. The molecule has 1 aliphatic carbocycles. The number of nitrogens with one attached hydrogen (secondary N) is 2. The third-order valence-electron chi connectivity index (χ3n) is 3.89. The van der Waals surface area contributed by atoms with Gasteiger partial charge in [0.15, 0.2) is 0 Å². The highest BCUT2D eigenvalue weighted by Crippen LogP contribution is 2.38. The minimum atomic E-state index is 0.0606. The van der Waals surface area contributed by atoms with Crippen molar-refractivity contribution < 1.29 is 4.79 Å². The highest BCUT2D eigenvalue weighted by Gasteiger charge is 2.22. The number of rotatable bonds is 3. The minimum Gasteiger partial charge on any atom is -0.361 e. The maximum absolute atomic E-state index is 10.9. The van der Waals surface area contributed by atoms with E-state index < -0.39 is 0 Å². The Bertz CT molecular complexity index is 585. The molecule has 2 aromatic rings. The number of carbonyl (C=O) groups excluding carboxylic acids is 1. The highest BCUT2D eigenvalue weighted by atomic mass is 16.1. The fourth-order valence-electron chi connectivity index (χ4n) is 3.03. The Kier molecular flexibility index (Phi) is 2.82. The Hall–Kier alpha value is -1.77. The second-order valence-electron chi connectivity index (χ2n) is 5.09. The molecule has 1 aromatic carbocycles. The average molecular weight is 242 g/mol. The van der Waals surface area contributed by atoms with Crippen LogP contribution in [0, 0.1) is 0 Å². The van der Waals surface area contributed by atoms with Crippen LogP contribution in [-0.4, -0.2) is 17.4 Å². The third kappa shape index (κ3) is 1.90. The first-order valence-electron chi connectivity index (χ1n) is 6.59. The molecule has 18 heavy (non-hydrogen) atoms. The molecule has 0 saturated heterocycles. The summed E-state index contributed by atoms with van der Waals surface area (Å²) in [5.41, 5.74) is 4.13. The lowest BCUT2D eigenvalue weighted by molar-refractivity contribution is -0.118. The zero-order chi connectivity index (χ0) is 12.5. The molecule has 3 rings (SSSR count). The van der Waals surface area contributed by atoms with E-state index >= 15 is 0 Å². The molecule has 1 heterocycles. The van der Waals surface area contributed by atoms with Crippen molar-refractivity contribution in [3.8, 4) is 0 Å². The second-order valence-corrected chi connectivity index (χ2v) is 5.09. The molecule has 0 radical (unpaired) electrons. The number of hydrogen-bond acceptors (Lipinski definition) is 1. The maximum atomic E-state index is 10.9. The molecular formula is C15H18N2O. The van der Waals surface area contributed by atoms with E-state index in [4.69, 9.17) is 0 Å². The summed E-state index contributed by atoms with van der Waals surface area (Å²) in [5, 5.41) is 4.31. The van der Waals surface area contributed by atoms with Crippen LogP contribution in [0.2, 0.25) is 0 Å². The summed E-state index contributed by atoms with van der Waals surface area (Å²) in [6.07, 6.45) is 5.50. The first-order chi connectivity index (χ1) is 8.75. The number of hydrogen-bond donors (Lipinski definition) is 2. The van der Waals surface area contributed by atoms with E-state index in [1.807, 2.05) is 0 Å². The van der Waals surface area contributed by atoms with Gasteiger partial charge in [-0.2, -0.15) is 0 Å². The maximum Gasteiger partial charge on any atom is 0.216 e. The van der Waals surface area contributed by atoms with Gasteiger partial charge in [0.2, 0.25) is 5.91 Å². The molecule has 1 amide bonds. The fourth-order valence-corrected chi connectivity index (χ4v) is 3.03. The van der Waals surface area contributed by atoms with Crippen LogP contribution in [0.5, 0.6) is 0 Å². The van der Waals surface area contributed by atoms with Crippen molar-refractivity contribution in [2.45, 2.75) is 32.1 Å². The van der Waals surface area contributed by atoms with Crippen LogP contribution in [0.3, 0.4) is 0 Å². The van der Waals surface area contributed by atoms with Gasteiger partial charge in [0.1, 0.15) is 0 Å². The minimum absolute atomic E-state index is 0.0606. The molecule has 1 aliphatic rings. The summed E-state index contributed by atoms with van der Waals surface area (Å²) < 4.78 is 0. The lowest BCUT2D eigenvalue weighted by Crippen LogP contribution is -2.23. The zero-order valence-electron chi connectivity index (χ0n) is 10.6. The van der Waals surface area contributed by atoms with Crippen molar-refractivity contribution >= 4 is 16.8 Å². The number of H-pyrrole nitrogens is 1. The van der Waals surface area contributed by atoms with E-state index in [0.29, 0.717) is 5.92 Å². The van der Waals surface area contributed by atoms with Gasteiger partial charge in [0.05, 0.1) is 0 Å². The van der Waals surface area contributed by atoms with Crippen molar-refractivity contribution in [2.24, 2.45) is 0 Å². The van der Waals surface area contributed by atoms with Gasteiger partial charge >= 0.3 is 0 Å². The van der Waals surface area contributed by atoms with Gasteiger partial charge in [-0.05, 0) is 42.4 Å². The Morgan fingerprint density at radius 3 is 3.22 bits per heavy atom. The molecule has 3 heteroatoms. The van der Waals surface area contributed by atoms with Crippen LogP contribution in [0.4, 0.5) is 0 Å². The Morgan fingerprint density at radius 1 is 1.50 bits per heavy atom. The van der Waals surface area contributed by atoms with E-state index in [1.165, 1.54) is 28.5 Å². The predicted molar refractivity (Wildman–Crippen MR) is 72.7 cm³/mol. The summed E-state index contributed by atoms with van der Waals surface area (Å²) in [7, 11) is 0. The first-order valence-corrected chi connectivity index (χ1v) is 6.59. The summed E-state index contributed by atoms with van der Waals surface area (Å²) in [5.74, 6) is 0.630. The number of aryl methyl sites for hydroxylation is 1. The lowest BCUT2D eigenvalue weighted by atomic mass is 9.83. The van der Waals surface area contributed by atoms with Crippen LogP contribution < -0.4 is 5.32 Å². The molecule has 94 valence electrons. The van der Waals surface area contributed by atoms with Crippen LogP contribution >= 0.6 is 0 Å². The summed E-state index contributed by atoms with van der Waals surface area (Å²) in [6.45, 7) is 2.35. The van der Waals surface area contributed by atoms with Crippen molar-refractivity contribution in [1.82, 2.24) is 10.3 Å². The van der Waals surface area contributed by atoms with E-state index in [9.17, 15) is 4.79 Å². The molecule has 1 atom stereocenters. The van der Waals surface area contributed by atoms with Crippen LogP contribution in [0.25, 0.3) is 10.9 Å². The smallest absolute Gasteiger partial charge is 0.216 e. The topological polar surface area (TPSA) is 44.9 Å². The summed E-state index contributed by atoms with van der Waals surface area (Å²) in [6, 6.07) is 6.48. The fraction of sp³-hybridized carbons (Fsp3) is 0.400. The summed E-state index contributed by atoms with van der Waals surface area (Å²) in [4.78, 5) is 14.3. The van der Waals surface area contributed by atoms with Gasteiger partial charge < -0.3 is 10.3 Å². The molecule has 0 bridgehead atoms. The van der Waals surface area contributed by atoms with Crippen molar-refractivity contribution in [3.05, 3.63) is 35.5 Å².